The minimum Gasteiger partial charge on any atom is -0.395 e. The molecule has 0 aliphatic heterocycles. The van der Waals surface area contributed by atoms with Crippen LogP contribution in [0.15, 0.2) is 83.7 Å². The highest BCUT2D eigenvalue weighted by Crippen LogP contribution is 2.15. The van der Waals surface area contributed by atoms with Gasteiger partial charge in [-0.2, -0.15) is 0 Å². The summed E-state index contributed by atoms with van der Waals surface area (Å²) >= 11 is 0. The molecule has 0 radical (unpaired) electrons. The molecule has 32 heavy (non-hydrogen) atoms. The Hall–Kier alpha value is -3.77. The largest absolute Gasteiger partial charge is 0.395 e. The molecule has 6 heteroatoms. The van der Waals surface area contributed by atoms with Crippen molar-refractivity contribution in [2.75, 3.05) is 19.7 Å². The highest BCUT2D eigenvalue weighted by Gasteiger charge is 2.16. The van der Waals surface area contributed by atoms with Crippen LogP contribution in [0.2, 0.25) is 0 Å². The number of aryl methyl sites for hydroxylation is 1. The second-order valence-corrected chi connectivity index (χ2v) is 7.62. The smallest absolute Gasteiger partial charge is 0.265 e. The molecule has 0 atom stereocenters. The summed E-state index contributed by atoms with van der Waals surface area (Å²) < 4.78 is 1.55. The van der Waals surface area contributed by atoms with Crippen LogP contribution in [0.5, 0.6) is 0 Å². The molecule has 0 aliphatic carbocycles. The first-order chi connectivity index (χ1) is 15.6. The Balaban J connectivity index is 1.58. The van der Waals surface area contributed by atoms with Crippen molar-refractivity contribution in [1.29, 1.82) is 0 Å². The van der Waals surface area contributed by atoms with Crippen LogP contribution in [0.1, 0.15) is 21.7 Å². The van der Waals surface area contributed by atoms with Crippen LogP contribution in [0, 0.1) is 6.92 Å². The highest BCUT2D eigenvalue weighted by atomic mass is 16.3. The molecular weight excluding hydrogens is 402 g/mol. The number of carbonyl (C=O) groups excluding carboxylic acids is 1. The van der Waals surface area contributed by atoms with E-state index in [0.717, 1.165) is 5.56 Å². The average molecular weight is 428 g/mol. The van der Waals surface area contributed by atoms with Gasteiger partial charge in [0, 0.05) is 18.7 Å². The molecule has 1 N–H and O–H groups in total. The van der Waals surface area contributed by atoms with Crippen molar-refractivity contribution in [3.8, 4) is 5.69 Å². The zero-order chi connectivity index (χ0) is 22.5. The Morgan fingerprint density at radius 3 is 2.34 bits per heavy atom. The van der Waals surface area contributed by atoms with E-state index in [1.807, 2.05) is 48.5 Å². The third kappa shape index (κ3) is 4.45. The standard InChI is InChI=1S/C26H25N3O3/c1-19-27-24-10-6-5-9-23(24)26(32)29(19)22-13-11-21(12-14-22)25(31)28(17-18-30)16-15-20-7-3-2-4-8-20/h2-14,30H,15-18H2,1H3. The monoisotopic (exact) mass is 427 g/mol. The number of rotatable bonds is 7. The molecule has 0 spiro atoms. The van der Waals surface area contributed by atoms with Gasteiger partial charge >= 0.3 is 0 Å². The second kappa shape index (κ2) is 9.58. The lowest BCUT2D eigenvalue weighted by Crippen LogP contribution is -2.35. The van der Waals surface area contributed by atoms with E-state index in [1.165, 1.54) is 0 Å². The van der Waals surface area contributed by atoms with Crippen molar-refractivity contribution in [2.24, 2.45) is 0 Å². The van der Waals surface area contributed by atoms with Crippen molar-refractivity contribution in [2.45, 2.75) is 13.3 Å². The first-order valence-corrected chi connectivity index (χ1v) is 10.6. The summed E-state index contributed by atoms with van der Waals surface area (Å²) in [6.45, 7) is 2.47. The number of aliphatic hydroxyl groups excluding tert-OH is 1. The van der Waals surface area contributed by atoms with Crippen LogP contribution in [0.25, 0.3) is 16.6 Å². The maximum Gasteiger partial charge on any atom is 0.265 e. The summed E-state index contributed by atoms with van der Waals surface area (Å²) in [4.78, 5) is 32.2. The van der Waals surface area contributed by atoms with Gasteiger partial charge in [-0.15, -0.1) is 0 Å². The molecular formula is C26H25N3O3. The third-order valence-corrected chi connectivity index (χ3v) is 5.49. The van der Waals surface area contributed by atoms with E-state index in [-0.39, 0.29) is 24.6 Å². The van der Waals surface area contributed by atoms with E-state index in [4.69, 9.17) is 0 Å². The number of fused-ring (bicyclic) bond motifs is 1. The summed E-state index contributed by atoms with van der Waals surface area (Å²) in [5, 5.41) is 9.98. The van der Waals surface area contributed by atoms with Gasteiger partial charge in [0.15, 0.2) is 0 Å². The fourth-order valence-electron chi connectivity index (χ4n) is 3.83. The van der Waals surface area contributed by atoms with Gasteiger partial charge < -0.3 is 10.0 Å². The Kier molecular flexibility index (Phi) is 6.42. The summed E-state index contributed by atoms with van der Waals surface area (Å²) in [6, 6.07) is 24.1. The summed E-state index contributed by atoms with van der Waals surface area (Å²) in [5.41, 5.74) is 2.82. The molecule has 1 amide bonds. The number of amides is 1. The Labute approximate surface area is 186 Å². The zero-order valence-electron chi connectivity index (χ0n) is 17.9. The normalized spacial score (nSPS) is 10.9. The first-order valence-electron chi connectivity index (χ1n) is 10.6. The quantitative estimate of drug-likeness (QED) is 0.491. The molecule has 1 heterocycles. The van der Waals surface area contributed by atoms with Gasteiger partial charge in [-0.1, -0.05) is 42.5 Å². The van der Waals surface area contributed by atoms with Crippen LogP contribution in [-0.4, -0.2) is 45.2 Å². The fraction of sp³-hybridized carbons (Fsp3) is 0.192. The lowest BCUT2D eigenvalue weighted by Gasteiger charge is -2.22. The fourth-order valence-corrected chi connectivity index (χ4v) is 3.83. The predicted octanol–water partition coefficient (Wildman–Crippen LogP) is 3.37. The molecule has 162 valence electrons. The van der Waals surface area contributed by atoms with Crippen LogP contribution < -0.4 is 5.56 Å². The summed E-state index contributed by atoms with van der Waals surface area (Å²) in [7, 11) is 0. The van der Waals surface area contributed by atoms with E-state index < -0.39 is 0 Å². The number of nitrogens with zero attached hydrogens (tertiary/aromatic N) is 3. The highest BCUT2D eigenvalue weighted by molar-refractivity contribution is 5.94. The van der Waals surface area contributed by atoms with Crippen molar-refractivity contribution >= 4 is 16.8 Å². The van der Waals surface area contributed by atoms with Gasteiger partial charge in [-0.05, 0) is 55.3 Å². The number of aromatic nitrogens is 2. The second-order valence-electron chi connectivity index (χ2n) is 7.62. The van der Waals surface area contributed by atoms with E-state index in [2.05, 4.69) is 4.98 Å². The molecule has 4 aromatic rings. The van der Waals surface area contributed by atoms with Gasteiger partial charge in [0.2, 0.25) is 0 Å². The number of hydrogen-bond donors (Lipinski definition) is 1. The Morgan fingerprint density at radius 2 is 1.62 bits per heavy atom. The molecule has 0 bridgehead atoms. The molecule has 0 unspecified atom stereocenters. The number of aliphatic hydroxyl groups is 1. The van der Waals surface area contributed by atoms with E-state index >= 15 is 0 Å². The van der Waals surface area contributed by atoms with Crippen LogP contribution in [-0.2, 0) is 6.42 Å². The van der Waals surface area contributed by atoms with Crippen molar-refractivity contribution in [3.63, 3.8) is 0 Å². The van der Waals surface area contributed by atoms with Crippen LogP contribution in [0.3, 0.4) is 0 Å². The van der Waals surface area contributed by atoms with Gasteiger partial charge in [0.05, 0.1) is 23.2 Å². The van der Waals surface area contributed by atoms with E-state index in [9.17, 15) is 14.7 Å². The number of hydrogen-bond acceptors (Lipinski definition) is 4. The molecule has 4 rings (SSSR count). The average Bonchev–Trinajstić information content (AvgIpc) is 2.82. The first kappa shape index (κ1) is 21.5. The zero-order valence-corrected chi connectivity index (χ0v) is 17.9. The molecule has 0 saturated carbocycles. The Morgan fingerprint density at radius 1 is 0.938 bits per heavy atom. The van der Waals surface area contributed by atoms with Crippen LogP contribution >= 0.6 is 0 Å². The van der Waals surface area contributed by atoms with Crippen molar-refractivity contribution in [1.82, 2.24) is 14.5 Å². The Bertz CT molecular complexity index is 1280. The SMILES string of the molecule is Cc1nc2ccccc2c(=O)n1-c1ccc(C(=O)N(CCO)CCc2ccccc2)cc1. The number of benzene rings is 3. The van der Waals surface area contributed by atoms with Crippen molar-refractivity contribution in [3.05, 3.63) is 106 Å². The summed E-state index contributed by atoms with van der Waals surface area (Å²) in [5.74, 6) is 0.430. The maximum absolute atomic E-state index is 13.0. The van der Waals surface area contributed by atoms with Gasteiger partial charge in [0.1, 0.15) is 5.82 Å². The molecule has 6 nitrogen and oxygen atoms in total. The van der Waals surface area contributed by atoms with E-state index in [0.29, 0.717) is 40.9 Å². The van der Waals surface area contributed by atoms with Crippen LogP contribution in [0.4, 0.5) is 0 Å². The van der Waals surface area contributed by atoms with Gasteiger partial charge in [0.25, 0.3) is 11.5 Å². The molecule has 0 fully saturated rings. The van der Waals surface area contributed by atoms with Crippen molar-refractivity contribution < 1.29 is 9.90 Å². The number of para-hydroxylation sites is 1. The molecule has 3 aromatic carbocycles. The number of carbonyl (C=O) groups is 1. The summed E-state index contributed by atoms with van der Waals surface area (Å²) in [6.07, 6.45) is 0.710. The lowest BCUT2D eigenvalue weighted by molar-refractivity contribution is 0.0724. The minimum absolute atomic E-state index is 0.101. The maximum atomic E-state index is 13.0. The van der Waals surface area contributed by atoms with E-state index in [1.54, 1.807) is 46.7 Å². The lowest BCUT2D eigenvalue weighted by atomic mass is 10.1. The molecule has 1 aromatic heterocycles. The molecule has 0 aliphatic rings. The van der Waals surface area contributed by atoms with Gasteiger partial charge in [-0.3, -0.25) is 14.2 Å². The minimum atomic E-state index is -0.151. The van der Waals surface area contributed by atoms with Gasteiger partial charge in [-0.25, -0.2) is 4.98 Å². The predicted molar refractivity (Wildman–Crippen MR) is 125 cm³/mol. The molecule has 0 saturated heterocycles. The third-order valence-electron chi connectivity index (χ3n) is 5.49. The topological polar surface area (TPSA) is 75.4 Å².